The highest BCUT2D eigenvalue weighted by atomic mass is 16.5. The van der Waals surface area contributed by atoms with Crippen molar-refractivity contribution in [1.82, 2.24) is 0 Å². The molecule has 0 saturated carbocycles. The van der Waals surface area contributed by atoms with Gasteiger partial charge in [-0.2, -0.15) is 5.11 Å². The summed E-state index contributed by atoms with van der Waals surface area (Å²) in [5.41, 5.74) is 1.55. The van der Waals surface area contributed by atoms with Crippen molar-refractivity contribution < 1.29 is 9.53 Å². The van der Waals surface area contributed by atoms with E-state index in [1.165, 1.54) is 0 Å². The molecule has 4 nitrogen and oxygen atoms in total. The normalized spacial score (nSPS) is 10.4. The zero-order valence-corrected chi connectivity index (χ0v) is 11.1. The average molecular weight is 266 g/mol. The molecule has 0 radical (unpaired) electrons. The molecule has 0 fully saturated rings. The van der Waals surface area contributed by atoms with Gasteiger partial charge in [0.25, 0.3) is 0 Å². The maximum absolute atomic E-state index is 11.5. The molecule has 0 aliphatic carbocycles. The number of azo groups is 1. The molecule has 0 bridgehead atoms. The van der Waals surface area contributed by atoms with Crippen LogP contribution in [0, 0.1) is 0 Å². The van der Waals surface area contributed by atoms with Crippen molar-refractivity contribution in [3.8, 4) is 5.75 Å². The van der Waals surface area contributed by atoms with E-state index in [1.807, 2.05) is 30.3 Å². The molecular weight excluding hydrogens is 252 g/mol. The monoisotopic (exact) mass is 266 g/mol. The van der Waals surface area contributed by atoms with Crippen LogP contribution in [0.5, 0.6) is 5.75 Å². The minimum absolute atomic E-state index is 0.333. The fourth-order valence-corrected chi connectivity index (χ4v) is 1.42. The second-order valence-electron chi connectivity index (χ2n) is 4.17. The Balaban J connectivity index is 2.22. The van der Waals surface area contributed by atoms with Crippen LogP contribution in [-0.2, 0) is 4.79 Å². The highest BCUT2D eigenvalue weighted by Crippen LogP contribution is 2.29. The van der Waals surface area contributed by atoms with Crippen LogP contribution >= 0.6 is 0 Å². The van der Waals surface area contributed by atoms with E-state index in [1.54, 1.807) is 31.2 Å². The number of nitrogens with zero attached hydrogens (tertiary/aromatic N) is 2. The van der Waals surface area contributed by atoms with Gasteiger partial charge in [-0.05, 0) is 31.2 Å². The van der Waals surface area contributed by atoms with E-state index in [0.717, 1.165) is 5.69 Å². The van der Waals surface area contributed by atoms with Crippen LogP contribution in [0.1, 0.15) is 6.92 Å². The van der Waals surface area contributed by atoms with Crippen molar-refractivity contribution in [3.05, 3.63) is 66.7 Å². The van der Waals surface area contributed by atoms with Crippen LogP contribution in [0.25, 0.3) is 0 Å². The summed E-state index contributed by atoms with van der Waals surface area (Å²) in [5.74, 6) is -0.118. The van der Waals surface area contributed by atoms with E-state index >= 15 is 0 Å². The number of benzene rings is 2. The standard InChI is InChI=1S/C16H14N2O2/c1-12(2)16(19)20-15-11-7-6-10-14(15)18-17-13-8-4-3-5-9-13/h3-11H,1H2,2H3/b18-17+. The van der Waals surface area contributed by atoms with E-state index in [9.17, 15) is 4.79 Å². The maximum Gasteiger partial charge on any atom is 0.338 e. The Morgan fingerprint density at radius 1 is 1.00 bits per heavy atom. The third-order valence-corrected chi connectivity index (χ3v) is 2.45. The van der Waals surface area contributed by atoms with Crippen LogP contribution in [0.4, 0.5) is 11.4 Å². The smallest absolute Gasteiger partial charge is 0.338 e. The van der Waals surface area contributed by atoms with E-state index in [-0.39, 0.29) is 0 Å². The first-order valence-electron chi connectivity index (χ1n) is 6.10. The molecule has 4 heteroatoms. The molecule has 20 heavy (non-hydrogen) atoms. The van der Waals surface area contributed by atoms with Crippen molar-refractivity contribution in [2.45, 2.75) is 6.92 Å². The fraction of sp³-hybridized carbons (Fsp3) is 0.0625. The zero-order valence-electron chi connectivity index (χ0n) is 11.1. The summed E-state index contributed by atoms with van der Waals surface area (Å²) in [5, 5.41) is 8.21. The number of hydrogen-bond acceptors (Lipinski definition) is 4. The van der Waals surface area contributed by atoms with Gasteiger partial charge < -0.3 is 4.74 Å². The number of carbonyl (C=O) groups is 1. The summed E-state index contributed by atoms with van der Waals surface area (Å²) < 4.78 is 5.20. The van der Waals surface area contributed by atoms with E-state index < -0.39 is 5.97 Å². The number of esters is 1. The van der Waals surface area contributed by atoms with Crippen LogP contribution in [0.2, 0.25) is 0 Å². The predicted octanol–water partition coefficient (Wildman–Crippen LogP) is 4.58. The molecule has 0 aliphatic rings. The molecule has 100 valence electrons. The number of carbonyl (C=O) groups excluding carboxylic acids is 1. The molecule has 2 aromatic carbocycles. The number of para-hydroxylation sites is 1. The lowest BCUT2D eigenvalue weighted by Crippen LogP contribution is -2.08. The molecule has 0 aliphatic heterocycles. The largest absolute Gasteiger partial charge is 0.421 e. The molecule has 0 amide bonds. The van der Waals surface area contributed by atoms with Gasteiger partial charge in [0, 0.05) is 5.57 Å². The summed E-state index contributed by atoms with van der Waals surface area (Å²) in [4.78, 5) is 11.5. The SMILES string of the molecule is C=C(C)C(=O)Oc1ccccc1/N=N/c1ccccc1. The van der Waals surface area contributed by atoms with Gasteiger partial charge in [0.15, 0.2) is 5.75 Å². The molecule has 0 heterocycles. The maximum atomic E-state index is 11.5. The second kappa shape index (κ2) is 6.43. The molecule has 0 N–H and O–H groups in total. The van der Waals surface area contributed by atoms with Crippen LogP contribution < -0.4 is 4.74 Å². The van der Waals surface area contributed by atoms with Crippen molar-refractivity contribution in [3.63, 3.8) is 0 Å². The molecule has 0 saturated heterocycles. The number of ether oxygens (including phenoxy) is 1. The van der Waals surface area contributed by atoms with Crippen molar-refractivity contribution in [2.24, 2.45) is 10.2 Å². The van der Waals surface area contributed by atoms with Crippen LogP contribution in [0.15, 0.2) is 77.0 Å². The van der Waals surface area contributed by atoms with Gasteiger partial charge in [-0.25, -0.2) is 4.79 Å². The number of hydrogen-bond donors (Lipinski definition) is 0. The fourth-order valence-electron chi connectivity index (χ4n) is 1.42. The summed E-state index contributed by atoms with van der Waals surface area (Å²) in [6, 6.07) is 16.3. The average Bonchev–Trinajstić information content (AvgIpc) is 2.47. The second-order valence-corrected chi connectivity index (χ2v) is 4.17. The minimum atomic E-state index is -0.479. The Labute approximate surface area is 117 Å². The minimum Gasteiger partial charge on any atom is -0.421 e. The first-order chi connectivity index (χ1) is 9.66. The molecule has 0 atom stereocenters. The van der Waals surface area contributed by atoms with Gasteiger partial charge in [0.1, 0.15) is 5.69 Å². The lowest BCUT2D eigenvalue weighted by molar-refractivity contribution is -0.130. The molecule has 0 unspecified atom stereocenters. The Morgan fingerprint density at radius 2 is 1.65 bits per heavy atom. The zero-order chi connectivity index (χ0) is 14.4. The summed E-state index contributed by atoms with van der Waals surface area (Å²) in [6.45, 7) is 5.14. The third kappa shape index (κ3) is 3.62. The van der Waals surface area contributed by atoms with Crippen LogP contribution in [0.3, 0.4) is 0 Å². The Hall–Kier alpha value is -2.75. The van der Waals surface area contributed by atoms with Crippen molar-refractivity contribution in [2.75, 3.05) is 0 Å². The van der Waals surface area contributed by atoms with Crippen molar-refractivity contribution >= 4 is 17.3 Å². The van der Waals surface area contributed by atoms with Crippen LogP contribution in [-0.4, -0.2) is 5.97 Å². The first kappa shape index (κ1) is 13.7. The lowest BCUT2D eigenvalue weighted by atomic mass is 10.3. The topological polar surface area (TPSA) is 51.0 Å². The molecule has 2 aromatic rings. The molecular formula is C16H14N2O2. The summed E-state index contributed by atoms with van der Waals surface area (Å²) >= 11 is 0. The van der Waals surface area contributed by atoms with Gasteiger partial charge >= 0.3 is 5.97 Å². The Bertz CT molecular complexity index is 649. The Morgan fingerprint density at radius 3 is 2.35 bits per heavy atom. The first-order valence-corrected chi connectivity index (χ1v) is 6.10. The Kier molecular flexibility index (Phi) is 4.39. The van der Waals surface area contributed by atoms with E-state index in [2.05, 4.69) is 16.8 Å². The van der Waals surface area contributed by atoms with Gasteiger partial charge in [-0.1, -0.05) is 36.9 Å². The third-order valence-electron chi connectivity index (χ3n) is 2.45. The van der Waals surface area contributed by atoms with Gasteiger partial charge in [0.2, 0.25) is 0 Å². The van der Waals surface area contributed by atoms with E-state index in [0.29, 0.717) is 17.0 Å². The molecule has 2 rings (SSSR count). The summed E-state index contributed by atoms with van der Waals surface area (Å²) in [6.07, 6.45) is 0. The van der Waals surface area contributed by atoms with Gasteiger partial charge in [-0.3, -0.25) is 0 Å². The molecule has 0 spiro atoms. The highest BCUT2D eigenvalue weighted by molar-refractivity contribution is 5.89. The predicted molar refractivity (Wildman–Crippen MR) is 77.5 cm³/mol. The highest BCUT2D eigenvalue weighted by Gasteiger charge is 2.08. The van der Waals surface area contributed by atoms with Gasteiger partial charge in [0.05, 0.1) is 5.69 Å². The quantitative estimate of drug-likeness (QED) is 0.352. The molecule has 0 aromatic heterocycles. The van der Waals surface area contributed by atoms with E-state index in [4.69, 9.17) is 4.74 Å². The number of rotatable bonds is 4. The van der Waals surface area contributed by atoms with Crippen molar-refractivity contribution in [1.29, 1.82) is 0 Å². The lowest BCUT2D eigenvalue weighted by Gasteiger charge is -2.05. The summed E-state index contributed by atoms with van der Waals surface area (Å²) in [7, 11) is 0. The van der Waals surface area contributed by atoms with Gasteiger partial charge in [-0.15, -0.1) is 5.11 Å².